The van der Waals surface area contributed by atoms with Gasteiger partial charge in [0.15, 0.2) is 0 Å². The van der Waals surface area contributed by atoms with Gasteiger partial charge in [-0.2, -0.15) is 13.7 Å². The third kappa shape index (κ3) is 4.58. The summed E-state index contributed by atoms with van der Waals surface area (Å²) in [5.74, 6) is 0.445. The van der Waals surface area contributed by atoms with E-state index in [2.05, 4.69) is 16.0 Å². The SMILES string of the molecule is Cc1ccc(S(=O)(=O)Oc2ccc(/C=C(/C#N)c3nc4ccccc4[nH]3)cc2)cc1[N+](=O)[O-]. The molecule has 4 rings (SSSR count). The second-order valence-corrected chi connectivity index (χ2v) is 8.63. The number of H-pyrrole nitrogens is 1. The monoisotopic (exact) mass is 460 g/mol. The lowest BCUT2D eigenvalue weighted by Gasteiger charge is -2.08. The molecule has 33 heavy (non-hydrogen) atoms. The molecule has 0 aliphatic rings. The molecular formula is C23H16N4O5S. The maximum Gasteiger partial charge on any atom is 0.339 e. The fourth-order valence-electron chi connectivity index (χ4n) is 3.14. The third-order valence-corrected chi connectivity index (χ3v) is 6.07. The number of rotatable bonds is 6. The van der Waals surface area contributed by atoms with Gasteiger partial charge in [0.2, 0.25) is 0 Å². The summed E-state index contributed by atoms with van der Waals surface area (Å²) in [6.07, 6.45) is 1.61. The normalized spacial score (nSPS) is 11.8. The molecule has 0 aliphatic heterocycles. The predicted molar refractivity (Wildman–Crippen MR) is 122 cm³/mol. The van der Waals surface area contributed by atoms with Gasteiger partial charge >= 0.3 is 10.1 Å². The van der Waals surface area contributed by atoms with Crippen molar-refractivity contribution >= 4 is 38.5 Å². The van der Waals surface area contributed by atoms with Gasteiger partial charge in [0.25, 0.3) is 5.69 Å². The molecular weight excluding hydrogens is 444 g/mol. The van der Waals surface area contributed by atoms with Crippen molar-refractivity contribution in [3.63, 3.8) is 0 Å². The standard InChI is InChI=1S/C23H16N4O5S/c1-15-6-11-19(13-22(15)27(28)29)33(30,31)32-18-9-7-16(8-10-18)12-17(14-24)23-25-20-4-2-3-5-21(20)26-23/h2-13H,1H3,(H,25,26)/b17-12-. The van der Waals surface area contributed by atoms with Crippen molar-refractivity contribution in [3.8, 4) is 11.8 Å². The summed E-state index contributed by atoms with van der Waals surface area (Å²) in [6.45, 7) is 1.52. The third-order valence-electron chi connectivity index (χ3n) is 4.83. The molecule has 164 valence electrons. The Labute approximate surface area is 188 Å². The van der Waals surface area contributed by atoms with E-state index in [0.717, 1.165) is 17.1 Å². The van der Waals surface area contributed by atoms with Crippen LogP contribution in [0.1, 0.15) is 17.0 Å². The number of nitro benzene ring substituents is 1. The highest BCUT2D eigenvalue weighted by atomic mass is 32.2. The number of hydrogen-bond donors (Lipinski definition) is 1. The molecule has 0 saturated carbocycles. The van der Waals surface area contributed by atoms with Crippen molar-refractivity contribution in [3.05, 3.63) is 93.8 Å². The fraction of sp³-hybridized carbons (Fsp3) is 0.0435. The lowest BCUT2D eigenvalue weighted by Crippen LogP contribution is -2.10. The number of aromatic nitrogens is 2. The van der Waals surface area contributed by atoms with Crippen LogP contribution in [0.25, 0.3) is 22.7 Å². The van der Waals surface area contributed by atoms with Crippen LogP contribution in [0, 0.1) is 28.4 Å². The van der Waals surface area contributed by atoms with E-state index in [1.54, 1.807) is 18.2 Å². The molecule has 0 aliphatic carbocycles. The Morgan fingerprint density at radius 2 is 1.88 bits per heavy atom. The molecule has 0 radical (unpaired) electrons. The first kappa shape index (κ1) is 21.7. The predicted octanol–water partition coefficient (Wildman–Crippen LogP) is 4.61. The van der Waals surface area contributed by atoms with Crippen molar-refractivity contribution < 1.29 is 17.5 Å². The van der Waals surface area contributed by atoms with Crippen molar-refractivity contribution in [2.45, 2.75) is 11.8 Å². The summed E-state index contributed by atoms with van der Waals surface area (Å²) < 4.78 is 30.2. The van der Waals surface area contributed by atoms with E-state index >= 15 is 0 Å². The van der Waals surface area contributed by atoms with Crippen molar-refractivity contribution in [2.75, 3.05) is 0 Å². The van der Waals surface area contributed by atoms with Gasteiger partial charge in [-0.25, -0.2) is 4.98 Å². The molecule has 0 amide bonds. The molecule has 0 saturated heterocycles. The Morgan fingerprint density at radius 1 is 1.15 bits per heavy atom. The minimum absolute atomic E-state index is 0.0256. The summed E-state index contributed by atoms with van der Waals surface area (Å²) in [4.78, 5) is 17.6. The molecule has 1 heterocycles. The van der Waals surface area contributed by atoms with Crippen LogP contribution >= 0.6 is 0 Å². The zero-order valence-corrected chi connectivity index (χ0v) is 18.0. The minimum atomic E-state index is -4.27. The number of aryl methyl sites for hydroxylation is 1. The molecule has 0 unspecified atom stereocenters. The van der Waals surface area contributed by atoms with Gasteiger partial charge in [0, 0.05) is 11.6 Å². The van der Waals surface area contributed by atoms with Crippen LogP contribution in [-0.4, -0.2) is 23.3 Å². The first-order valence-corrected chi connectivity index (χ1v) is 11.0. The Kier molecular flexibility index (Phi) is 5.64. The maximum absolute atomic E-state index is 12.6. The Balaban J connectivity index is 1.57. The highest BCUT2D eigenvalue weighted by Crippen LogP contribution is 2.26. The number of nitrogens with zero attached hydrogens (tertiary/aromatic N) is 3. The average Bonchev–Trinajstić information content (AvgIpc) is 3.22. The van der Waals surface area contributed by atoms with Crippen LogP contribution in [0.15, 0.2) is 71.6 Å². The molecule has 10 heteroatoms. The number of imidazole rings is 1. The lowest BCUT2D eigenvalue weighted by atomic mass is 10.1. The number of para-hydroxylation sites is 2. The van der Waals surface area contributed by atoms with Crippen molar-refractivity contribution in [2.24, 2.45) is 0 Å². The van der Waals surface area contributed by atoms with Gasteiger partial charge < -0.3 is 9.17 Å². The van der Waals surface area contributed by atoms with Gasteiger partial charge in [-0.3, -0.25) is 10.1 Å². The molecule has 0 bridgehead atoms. The van der Waals surface area contributed by atoms with Crippen molar-refractivity contribution in [1.29, 1.82) is 5.26 Å². The highest BCUT2D eigenvalue weighted by Gasteiger charge is 2.21. The zero-order valence-electron chi connectivity index (χ0n) is 17.2. The van der Waals surface area contributed by atoms with Gasteiger partial charge in [-0.1, -0.05) is 30.3 Å². The second-order valence-electron chi connectivity index (χ2n) is 7.08. The number of allylic oxidation sites excluding steroid dienone is 1. The van der Waals surface area contributed by atoms with Gasteiger partial charge in [0.1, 0.15) is 22.5 Å². The number of fused-ring (bicyclic) bond motifs is 1. The summed E-state index contributed by atoms with van der Waals surface area (Å²) in [5.41, 5.74) is 2.50. The summed E-state index contributed by atoms with van der Waals surface area (Å²) in [6, 6.07) is 19.1. The first-order valence-electron chi connectivity index (χ1n) is 9.63. The van der Waals surface area contributed by atoms with Crippen LogP contribution < -0.4 is 4.18 Å². The fourth-order valence-corrected chi connectivity index (χ4v) is 4.09. The summed E-state index contributed by atoms with van der Waals surface area (Å²) >= 11 is 0. The molecule has 9 nitrogen and oxygen atoms in total. The topological polar surface area (TPSA) is 139 Å². The Bertz CT molecular complexity index is 1520. The van der Waals surface area contributed by atoms with Crippen molar-refractivity contribution in [1.82, 2.24) is 9.97 Å². The van der Waals surface area contributed by atoms with E-state index in [0.29, 0.717) is 22.5 Å². The first-order chi connectivity index (χ1) is 15.8. The van der Waals surface area contributed by atoms with Gasteiger partial charge in [-0.05, 0) is 48.9 Å². The second kappa shape index (κ2) is 8.57. The van der Waals surface area contributed by atoms with E-state index in [-0.39, 0.29) is 16.3 Å². The lowest BCUT2D eigenvalue weighted by molar-refractivity contribution is -0.385. The maximum atomic E-state index is 12.6. The number of nitriles is 1. The van der Waals surface area contributed by atoms with Crippen LogP contribution in [0.4, 0.5) is 5.69 Å². The van der Waals surface area contributed by atoms with Crippen LogP contribution in [0.3, 0.4) is 0 Å². The van der Waals surface area contributed by atoms with E-state index in [4.69, 9.17) is 4.18 Å². The number of aromatic amines is 1. The van der Waals surface area contributed by atoms with Crippen LogP contribution in [0.2, 0.25) is 0 Å². The molecule has 0 fully saturated rings. The molecule has 0 atom stereocenters. The van der Waals surface area contributed by atoms with Crippen LogP contribution in [-0.2, 0) is 10.1 Å². The zero-order chi connectivity index (χ0) is 23.6. The highest BCUT2D eigenvalue weighted by molar-refractivity contribution is 7.87. The van der Waals surface area contributed by atoms with E-state index < -0.39 is 15.0 Å². The van der Waals surface area contributed by atoms with E-state index in [1.165, 1.54) is 31.2 Å². The van der Waals surface area contributed by atoms with Gasteiger partial charge in [-0.15, -0.1) is 0 Å². The summed E-state index contributed by atoms with van der Waals surface area (Å²) in [7, 11) is -4.27. The molecule has 4 aromatic rings. The Hall–Kier alpha value is -4.49. The smallest absolute Gasteiger partial charge is 0.339 e. The number of nitrogens with one attached hydrogen (secondary N) is 1. The van der Waals surface area contributed by atoms with E-state index in [9.17, 15) is 23.8 Å². The van der Waals surface area contributed by atoms with Gasteiger partial charge in [0.05, 0.1) is 21.5 Å². The van der Waals surface area contributed by atoms with Crippen LogP contribution in [0.5, 0.6) is 5.75 Å². The largest absolute Gasteiger partial charge is 0.379 e. The number of nitro groups is 1. The molecule has 0 spiro atoms. The molecule has 1 N–H and O–H groups in total. The Morgan fingerprint density at radius 3 is 2.55 bits per heavy atom. The summed E-state index contributed by atoms with van der Waals surface area (Å²) in [5, 5.41) is 20.6. The number of hydrogen-bond acceptors (Lipinski definition) is 7. The minimum Gasteiger partial charge on any atom is -0.379 e. The van der Waals surface area contributed by atoms with E-state index in [1.807, 2.05) is 24.3 Å². The quantitative estimate of drug-likeness (QED) is 0.192. The molecule has 3 aromatic carbocycles. The average molecular weight is 460 g/mol. The molecule has 1 aromatic heterocycles. The number of benzene rings is 3.